The van der Waals surface area contributed by atoms with Gasteiger partial charge in [0.05, 0.1) is 7.11 Å². The van der Waals surface area contributed by atoms with Gasteiger partial charge >= 0.3 is 0 Å². The van der Waals surface area contributed by atoms with Crippen molar-refractivity contribution < 1.29 is 4.74 Å². The molecule has 3 nitrogen and oxygen atoms in total. The highest BCUT2D eigenvalue weighted by Gasteiger charge is 2.04. The van der Waals surface area contributed by atoms with Gasteiger partial charge in [0.1, 0.15) is 5.75 Å². The van der Waals surface area contributed by atoms with E-state index in [2.05, 4.69) is 43.2 Å². The summed E-state index contributed by atoms with van der Waals surface area (Å²) in [4.78, 5) is 2.32. The lowest BCUT2D eigenvalue weighted by atomic mass is 10.1. The second-order valence-electron chi connectivity index (χ2n) is 4.81. The third-order valence-electron chi connectivity index (χ3n) is 3.17. The first kappa shape index (κ1) is 15.0. The molecular formula is C15H26N2O. The highest BCUT2D eigenvalue weighted by atomic mass is 16.5. The van der Waals surface area contributed by atoms with Crippen LogP contribution in [0.3, 0.4) is 0 Å². The van der Waals surface area contributed by atoms with Gasteiger partial charge in [-0.25, -0.2) is 0 Å². The van der Waals surface area contributed by atoms with E-state index >= 15 is 0 Å². The standard InChI is InChI=1S/C15H26N2O/c1-5-17(3)12-13(2)16-10-9-14-7-6-8-15(11-14)18-4/h6-8,11,13,16H,5,9-10,12H2,1-4H3. The number of hydrogen-bond acceptors (Lipinski definition) is 3. The molecule has 0 aliphatic rings. The molecule has 0 saturated heterocycles. The molecule has 0 spiro atoms. The summed E-state index contributed by atoms with van der Waals surface area (Å²) in [6, 6.07) is 8.80. The van der Waals surface area contributed by atoms with Crippen LogP contribution in [0.4, 0.5) is 0 Å². The Bertz CT molecular complexity index is 341. The Balaban J connectivity index is 2.28. The van der Waals surface area contributed by atoms with Gasteiger partial charge in [-0.05, 0) is 51.2 Å². The van der Waals surface area contributed by atoms with E-state index in [1.165, 1.54) is 5.56 Å². The van der Waals surface area contributed by atoms with Crippen LogP contribution < -0.4 is 10.1 Å². The molecule has 0 aliphatic heterocycles. The van der Waals surface area contributed by atoms with Crippen molar-refractivity contribution in [3.63, 3.8) is 0 Å². The van der Waals surface area contributed by atoms with Gasteiger partial charge in [0, 0.05) is 12.6 Å². The summed E-state index contributed by atoms with van der Waals surface area (Å²) in [5.41, 5.74) is 1.32. The predicted octanol–water partition coefficient (Wildman–Crippen LogP) is 2.17. The van der Waals surface area contributed by atoms with Gasteiger partial charge in [-0.15, -0.1) is 0 Å². The number of methoxy groups -OCH3 is 1. The fourth-order valence-corrected chi connectivity index (χ4v) is 1.95. The number of nitrogens with zero attached hydrogens (tertiary/aromatic N) is 1. The maximum Gasteiger partial charge on any atom is 0.119 e. The van der Waals surface area contributed by atoms with Crippen LogP contribution in [-0.4, -0.2) is 44.7 Å². The maximum absolute atomic E-state index is 5.22. The molecule has 0 amide bonds. The first-order chi connectivity index (χ1) is 8.65. The van der Waals surface area contributed by atoms with Gasteiger partial charge in [-0.2, -0.15) is 0 Å². The normalized spacial score (nSPS) is 12.7. The SMILES string of the molecule is CCN(C)CC(C)NCCc1cccc(OC)c1. The molecule has 0 heterocycles. The topological polar surface area (TPSA) is 24.5 Å². The van der Waals surface area contributed by atoms with Crippen LogP contribution in [0, 0.1) is 0 Å². The molecule has 0 aliphatic carbocycles. The van der Waals surface area contributed by atoms with Crippen molar-refractivity contribution in [1.29, 1.82) is 0 Å². The van der Waals surface area contributed by atoms with E-state index in [4.69, 9.17) is 4.74 Å². The Hall–Kier alpha value is -1.06. The van der Waals surface area contributed by atoms with Gasteiger partial charge in [0.25, 0.3) is 0 Å². The van der Waals surface area contributed by atoms with Crippen LogP contribution >= 0.6 is 0 Å². The third kappa shape index (κ3) is 5.52. The highest BCUT2D eigenvalue weighted by molar-refractivity contribution is 5.28. The zero-order valence-corrected chi connectivity index (χ0v) is 12.1. The van der Waals surface area contributed by atoms with Gasteiger partial charge in [-0.1, -0.05) is 19.1 Å². The first-order valence-electron chi connectivity index (χ1n) is 6.70. The molecule has 1 aromatic carbocycles. The Morgan fingerprint density at radius 3 is 2.83 bits per heavy atom. The van der Waals surface area contributed by atoms with Crippen LogP contribution in [-0.2, 0) is 6.42 Å². The van der Waals surface area contributed by atoms with Crippen molar-refractivity contribution in [3.05, 3.63) is 29.8 Å². The fourth-order valence-electron chi connectivity index (χ4n) is 1.95. The van der Waals surface area contributed by atoms with Gasteiger partial charge in [-0.3, -0.25) is 0 Å². The van der Waals surface area contributed by atoms with E-state index in [1.54, 1.807) is 7.11 Å². The van der Waals surface area contributed by atoms with Crippen molar-refractivity contribution in [3.8, 4) is 5.75 Å². The minimum atomic E-state index is 0.528. The highest BCUT2D eigenvalue weighted by Crippen LogP contribution is 2.12. The van der Waals surface area contributed by atoms with Crippen LogP contribution in [0.5, 0.6) is 5.75 Å². The average molecular weight is 250 g/mol. The molecular weight excluding hydrogens is 224 g/mol. The summed E-state index contributed by atoms with van der Waals surface area (Å²) < 4.78 is 5.22. The zero-order chi connectivity index (χ0) is 13.4. The van der Waals surface area contributed by atoms with Crippen LogP contribution in [0.1, 0.15) is 19.4 Å². The lowest BCUT2D eigenvalue weighted by Crippen LogP contribution is -2.38. The largest absolute Gasteiger partial charge is 0.497 e. The number of hydrogen-bond donors (Lipinski definition) is 1. The smallest absolute Gasteiger partial charge is 0.119 e. The Morgan fingerprint density at radius 1 is 1.39 bits per heavy atom. The summed E-state index contributed by atoms with van der Waals surface area (Å²) in [6.45, 7) is 7.61. The molecule has 18 heavy (non-hydrogen) atoms. The minimum absolute atomic E-state index is 0.528. The Kier molecular flexibility index (Phi) is 6.76. The second kappa shape index (κ2) is 8.11. The lowest BCUT2D eigenvalue weighted by Gasteiger charge is -2.20. The summed E-state index contributed by atoms with van der Waals surface area (Å²) in [5.74, 6) is 0.936. The van der Waals surface area contributed by atoms with Crippen LogP contribution in [0.15, 0.2) is 24.3 Å². The second-order valence-corrected chi connectivity index (χ2v) is 4.81. The van der Waals surface area contributed by atoms with E-state index in [9.17, 15) is 0 Å². The van der Waals surface area contributed by atoms with Crippen molar-refractivity contribution in [2.45, 2.75) is 26.3 Å². The van der Waals surface area contributed by atoms with E-state index < -0.39 is 0 Å². The summed E-state index contributed by atoms with van der Waals surface area (Å²) >= 11 is 0. The molecule has 102 valence electrons. The monoisotopic (exact) mass is 250 g/mol. The number of benzene rings is 1. The van der Waals surface area contributed by atoms with Crippen LogP contribution in [0.2, 0.25) is 0 Å². The van der Waals surface area contributed by atoms with E-state index in [1.807, 2.05) is 12.1 Å². The fraction of sp³-hybridized carbons (Fsp3) is 0.600. The third-order valence-corrected chi connectivity index (χ3v) is 3.17. The van der Waals surface area contributed by atoms with E-state index in [0.29, 0.717) is 6.04 Å². The van der Waals surface area contributed by atoms with Crippen molar-refractivity contribution in [2.75, 3.05) is 33.8 Å². The maximum atomic E-state index is 5.22. The number of likely N-dealkylation sites (N-methyl/N-ethyl adjacent to an activating group) is 1. The predicted molar refractivity (Wildman–Crippen MR) is 77.3 cm³/mol. The molecule has 0 aromatic heterocycles. The molecule has 0 bridgehead atoms. The zero-order valence-electron chi connectivity index (χ0n) is 12.1. The molecule has 0 radical (unpaired) electrons. The quantitative estimate of drug-likeness (QED) is 0.765. The summed E-state index contributed by atoms with van der Waals surface area (Å²) in [7, 11) is 3.86. The number of nitrogens with one attached hydrogen (secondary N) is 1. The van der Waals surface area contributed by atoms with Gasteiger partial charge in [0.2, 0.25) is 0 Å². The van der Waals surface area contributed by atoms with Crippen LogP contribution in [0.25, 0.3) is 0 Å². The molecule has 1 atom stereocenters. The molecule has 1 unspecified atom stereocenters. The van der Waals surface area contributed by atoms with E-state index in [0.717, 1.165) is 31.8 Å². The molecule has 1 N–H and O–H groups in total. The number of ether oxygens (including phenoxy) is 1. The van der Waals surface area contributed by atoms with Crippen molar-refractivity contribution >= 4 is 0 Å². The first-order valence-corrected chi connectivity index (χ1v) is 6.70. The summed E-state index contributed by atoms with van der Waals surface area (Å²) in [6.07, 6.45) is 1.04. The minimum Gasteiger partial charge on any atom is -0.497 e. The average Bonchev–Trinajstić information content (AvgIpc) is 2.38. The molecule has 0 fully saturated rings. The Labute approximate surface area is 111 Å². The molecule has 1 aromatic rings. The van der Waals surface area contributed by atoms with Crippen molar-refractivity contribution in [1.82, 2.24) is 10.2 Å². The summed E-state index contributed by atoms with van der Waals surface area (Å²) in [5, 5.41) is 3.55. The molecule has 0 saturated carbocycles. The molecule has 1 rings (SSSR count). The Morgan fingerprint density at radius 2 is 2.17 bits per heavy atom. The van der Waals surface area contributed by atoms with Crippen molar-refractivity contribution in [2.24, 2.45) is 0 Å². The van der Waals surface area contributed by atoms with Gasteiger partial charge in [0.15, 0.2) is 0 Å². The van der Waals surface area contributed by atoms with Gasteiger partial charge < -0.3 is 15.0 Å². The molecule has 3 heteroatoms. The lowest BCUT2D eigenvalue weighted by molar-refractivity contribution is 0.311. The number of rotatable bonds is 8. The van der Waals surface area contributed by atoms with E-state index in [-0.39, 0.29) is 0 Å².